The molecular formula is C23H23F3N4O3. The summed E-state index contributed by atoms with van der Waals surface area (Å²) >= 11 is 0. The predicted molar refractivity (Wildman–Crippen MR) is 116 cm³/mol. The van der Waals surface area contributed by atoms with E-state index in [0.29, 0.717) is 36.9 Å². The highest BCUT2D eigenvalue weighted by Crippen LogP contribution is 2.39. The molecule has 1 saturated heterocycles. The molecular weight excluding hydrogens is 437 g/mol. The van der Waals surface area contributed by atoms with Crippen molar-refractivity contribution < 1.29 is 27.4 Å². The number of aryl methyl sites for hydroxylation is 1. The van der Waals surface area contributed by atoms with Gasteiger partial charge in [0.05, 0.1) is 18.3 Å². The van der Waals surface area contributed by atoms with Crippen molar-refractivity contribution in [1.29, 1.82) is 0 Å². The molecule has 0 aliphatic carbocycles. The zero-order valence-corrected chi connectivity index (χ0v) is 18.4. The summed E-state index contributed by atoms with van der Waals surface area (Å²) in [7, 11) is 3.16. The number of methoxy groups -OCH3 is 1. The Hall–Kier alpha value is -3.53. The molecule has 2 aliphatic heterocycles. The normalized spacial score (nSPS) is 19.0. The number of hydrogen-bond donors (Lipinski definition) is 1. The van der Waals surface area contributed by atoms with E-state index in [1.807, 2.05) is 13.0 Å². The predicted octanol–water partition coefficient (Wildman–Crippen LogP) is 4.37. The van der Waals surface area contributed by atoms with Gasteiger partial charge < -0.3 is 9.47 Å². The molecule has 33 heavy (non-hydrogen) atoms. The Labute approximate surface area is 189 Å². The van der Waals surface area contributed by atoms with Crippen LogP contribution in [-0.2, 0) is 4.74 Å². The standard InChI is InChI=1S/C23H23F3N4O3/c1-13-4-5-15(33-9-8-32-3)12-18(13)27-22-28-23(31)29(2)20-7-6-19(30(20)22)14-10-16(24)21(26)17(25)11-14/h4-5,7,10-12,19H,6,8-9H2,1-3H3,(H,27,28,31). The zero-order chi connectivity index (χ0) is 23.7. The minimum Gasteiger partial charge on any atom is -0.491 e. The largest absolute Gasteiger partial charge is 0.491 e. The van der Waals surface area contributed by atoms with Gasteiger partial charge in [-0.2, -0.15) is 0 Å². The zero-order valence-electron chi connectivity index (χ0n) is 18.4. The first-order chi connectivity index (χ1) is 15.8. The van der Waals surface area contributed by atoms with Gasteiger partial charge in [-0.15, -0.1) is 0 Å². The Morgan fingerprint density at radius 1 is 1.15 bits per heavy atom. The Bertz CT molecular complexity index is 1130. The maximum Gasteiger partial charge on any atom is 0.329 e. The van der Waals surface area contributed by atoms with Gasteiger partial charge in [-0.3, -0.25) is 15.1 Å². The summed E-state index contributed by atoms with van der Waals surface area (Å²) < 4.78 is 52.0. The van der Waals surface area contributed by atoms with E-state index in [9.17, 15) is 18.0 Å². The summed E-state index contributed by atoms with van der Waals surface area (Å²) in [4.78, 5) is 20.2. The smallest absolute Gasteiger partial charge is 0.329 e. The van der Waals surface area contributed by atoms with Crippen LogP contribution in [0.2, 0.25) is 0 Å². The fourth-order valence-electron chi connectivity index (χ4n) is 3.77. The number of ether oxygens (including phenoxy) is 2. The molecule has 2 aliphatic rings. The van der Waals surface area contributed by atoms with E-state index >= 15 is 0 Å². The molecule has 1 fully saturated rings. The van der Waals surface area contributed by atoms with E-state index in [0.717, 1.165) is 17.7 Å². The third-order valence-corrected chi connectivity index (χ3v) is 5.53. The number of amides is 2. The molecule has 10 heteroatoms. The molecule has 174 valence electrons. The van der Waals surface area contributed by atoms with Crippen molar-refractivity contribution in [1.82, 2.24) is 15.1 Å². The number of carbonyl (C=O) groups is 1. The van der Waals surface area contributed by atoms with Crippen LogP contribution in [0.25, 0.3) is 0 Å². The lowest BCUT2D eigenvalue weighted by atomic mass is 10.0. The van der Waals surface area contributed by atoms with Gasteiger partial charge in [0.2, 0.25) is 5.96 Å². The number of nitrogens with one attached hydrogen (secondary N) is 1. The highest BCUT2D eigenvalue weighted by Gasteiger charge is 2.40. The Kier molecular flexibility index (Phi) is 6.28. The second-order valence-corrected chi connectivity index (χ2v) is 7.70. The molecule has 0 bridgehead atoms. The molecule has 0 saturated carbocycles. The fourth-order valence-corrected chi connectivity index (χ4v) is 3.77. The number of fused-ring (bicyclic) bond motifs is 1. The summed E-state index contributed by atoms with van der Waals surface area (Å²) in [6, 6.07) is 6.30. The third-order valence-electron chi connectivity index (χ3n) is 5.53. The monoisotopic (exact) mass is 460 g/mol. The van der Waals surface area contributed by atoms with Crippen LogP contribution in [0.4, 0.5) is 23.7 Å². The molecule has 1 atom stereocenters. The van der Waals surface area contributed by atoms with Gasteiger partial charge in [0.15, 0.2) is 17.5 Å². The van der Waals surface area contributed by atoms with E-state index in [1.165, 1.54) is 4.90 Å². The molecule has 7 nitrogen and oxygen atoms in total. The summed E-state index contributed by atoms with van der Waals surface area (Å²) in [5, 5.41) is 2.73. The molecule has 2 amide bonds. The Balaban J connectivity index is 1.73. The van der Waals surface area contributed by atoms with Gasteiger partial charge in [0.1, 0.15) is 18.2 Å². The average Bonchev–Trinajstić information content (AvgIpc) is 3.23. The van der Waals surface area contributed by atoms with Crippen LogP contribution in [0.5, 0.6) is 5.75 Å². The van der Waals surface area contributed by atoms with Crippen molar-refractivity contribution in [3.63, 3.8) is 0 Å². The number of nitrogens with zero attached hydrogens (tertiary/aromatic N) is 3. The maximum atomic E-state index is 13.9. The number of rotatable bonds is 6. The summed E-state index contributed by atoms with van der Waals surface area (Å²) in [5.41, 5.74) is 1.60. The first kappa shape index (κ1) is 22.7. The molecule has 0 aromatic heterocycles. The second-order valence-electron chi connectivity index (χ2n) is 7.70. The number of halogens is 3. The molecule has 1 unspecified atom stereocenters. The molecule has 2 aromatic rings. The van der Waals surface area contributed by atoms with E-state index in [4.69, 9.17) is 9.47 Å². The number of guanidine groups is 1. The average molecular weight is 460 g/mol. The van der Waals surface area contributed by atoms with Crippen molar-refractivity contribution in [2.75, 3.05) is 27.4 Å². The molecule has 2 aromatic carbocycles. The maximum absolute atomic E-state index is 13.9. The third kappa shape index (κ3) is 4.38. The lowest BCUT2D eigenvalue weighted by molar-refractivity contribution is 0.146. The highest BCUT2D eigenvalue weighted by molar-refractivity contribution is 6.02. The number of urea groups is 1. The van der Waals surface area contributed by atoms with Crippen LogP contribution < -0.4 is 10.1 Å². The summed E-state index contributed by atoms with van der Waals surface area (Å²) in [5.74, 6) is -2.80. The quantitative estimate of drug-likeness (QED) is 0.514. The number of carbonyl (C=O) groups excluding carboxylic acids is 1. The minimum atomic E-state index is -1.52. The van der Waals surface area contributed by atoms with E-state index in [-0.39, 0.29) is 11.5 Å². The number of aliphatic imine (C=N–C) groups is 1. The molecule has 0 spiro atoms. The second kappa shape index (κ2) is 9.14. The first-order valence-electron chi connectivity index (χ1n) is 10.3. The lowest BCUT2D eigenvalue weighted by Gasteiger charge is -2.38. The van der Waals surface area contributed by atoms with Crippen LogP contribution >= 0.6 is 0 Å². The van der Waals surface area contributed by atoms with E-state index < -0.39 is 29.5 Å². The van der Waals surface area contributed by atoms with Gasteiger partial charge >= 0.3 is 6.03 Å². The molecule has 1 N–H and O–H groups in total. The van der Waals surface area contributed by atoms with Crippen LogP contribution in [-0.4, -0.2) is 49.2 Å². The van der Waals surface area contributed by atoms with Crippen LogP contribution in [0, 0.1) is 24.4 Å². The van der Waals surface area contributed by atoms with Crippen LogP contribution in [0.15, 0.2) is 47.2 Å². The molecule has 0 radical (unpaired) electrons. The van der Waals surface area contributed by atoms with Crippen molar-refractivity contribution >= 4 is 17.7 Å². The Morgan fingerprint density at radius 3 is 2.58 bits per heavy atom. The van der Waals surface area contributed by atoms with Gasteiger partial charge in [0.25, 0.3) is 0 Å². The van der Waals surface area contributed by atoms with Gasteiger partial charge in [-0.25, -0.2) is 23.0 Å². The van der Waals surface area contributed by atoms with Gasteiger partial charge in [0, 0.05) is 20.2 Å². The lowest BCUT2D eigenvalue weighted by Crippen LogP contribution is -2.56. The fraction of sp³-hybridized carbons (Fsp3) is 0.304. The van der Waals surface area contributed by atoms with Crippen molar-refractivity contribution in [2.24, 2.45) is 4.99 Å². The van der Waals surface area contributed by atoms with Crippen LogP contribution in [0.3, 0.4) is 0 Å². The SMILES string of the molecule is COCCOc1ccc(C)c(N=C2NC(=O)N(C)C3=CCC(c4cc(F)c(F)c(F)c4)N32)c1. The number of hydrogen-bond acceptors (Lipinski definition) is 4. The molecule has 2 heterocycles. The summed E-state index contributed by atoms with van der Waals surface area (Å²) in [6.45, 7) is 2.65. The van der Waals surface area contributed by atoms with Crippen molar-refractivity contribution in [2.45, 2.75) is 19.4 Å². The molecule has 4 rings (SSSR count). The first-order valence-corrected chi connectivity index (χ1v) is 10.3. The topological polar surface area (TPSA) is 66.4 Å². The summed E-state index contributed by atoms with van der Waals surface area (Å²) in [6.07, 6.45) is 2.12. The van der Waals surface area contributed by atoms with Gasteiger partial charge in [-0.05, 0) is 48.7 Å². The van der Waals surface area contributed by atoms with E-state index in [2.05, 4.69) is 10.3 Å². The highest BCUT2D eigenvalue weighted by atomic mass is 19.2. The van der Waals surface area contributed by atoms with Crippen molar-refractivity contribution in [3.05, 3.63) is 70.8 Å². The van der Waals surface area contributed by atoms with Crippen LogP contribution in [0.1, 0.15) is 23.6 Å². The van der Waals surface area contributed by atoms with Crippen molar-refractivity contribution in [3.8, 4) is 5.75 Å². The van der Waals surface area contributed by atoms with E-state index in [1.54, 1.807) is 37.3 Å². The number of benzene rings is 2. The minimum absolute atomic E-state index is 0.189. The van der Waals surface area contributed by atoms with Gasteiger partial charge in [-0.1, -0.05) is 6.07 Å². The Morgan fingerprint density at radius 2 is 1.88 bits per heavy atom.